The van der Waals surface area contributed by atoms with Gasteiger partial charge in [0.2, 0.25) is 5.95 Å². The summed E-state index contributed by atoms with van der Waals surface area (Å²) in [5.74, 6) is 4.54. The molecule has 198 valence electrons. The molecule has 0 aliphatic heterocycles. The third-order valence-electron chi connectivity index (χ3n) is 6.32. The first-order chi connectivity index (χ1) is 17.4. The second-order valence-corrected chi connectivity index (χ2v) is 10.1. The van der Waals surface area contributed by atoms with Gasteiger partial charge in [-0.15, -0.1) is 0 Å². The predicted octanol–water partition coefficient (Wildman–Crippen LogP) is 5.70. The van der Waals surface area contributed by atoms with Gasteiger partial charge in [0, 0.05) is 25.7 Å². The van der Waals surface area contributed by atoms with Crippen LogP contribution in [0.2, 0.25) is 0 Å². The lowest BCUT2D eigenvalue weighted by atomic mass is 10.1. The molecule has 0 saturated heterocycles. The largest absolute Gasteiger partial charge is 0.497 e. The van der Waals surface area contributed by atoms with Crippen LogP contribution in [0.3, 0.4) is 0 Å². The fraction of sp³-hybridized carbons (Fsp3) is 0.571. The monoisotopic (exact) mass is 496 g/mol. The number of hydrogen-bond acceptors (Lipinski definition) is 7. The Labute approximate surface area is 216 Å². The summed E-state index contributed by atoms with van der Waals surface area (Å²) in [5.41, 5.74) is 2.57. The lowest BCUT2D eigenvalue weighted by molar-refractivity contribution is 0.404. The number of rotatable bonds is 15. The van der Waals surface area contributed by atoms with Gasteiger partial charge in [-0.3, -0.25) is 4.57 Å². The van der Waals surface area contributed by atoms with Crippen molar-refractivity contribution in [2.45, 2.75) is 53.5 Å². The third-order valence-corrected chi connectivity index (χ3v) is 6.32. The van der Waals surface area contributed by atoms with Crippen LogP contribution in [0.25, 0.3) is 11.2 Å². The van der Waals surface area contributed by atoms with E-state index in [0.29, 0.717) is 11.8 Å². The summed E-state index contributed by atoms with van der Waals surface area (Å²) in [6.07, 6.45) is 3.24. The summed E-state index contributed by atoms with van der Waals surface area (Å²) < 4.78 is 13.2. The SMILES string of the molecule is CNCCCn1c(Nc2cc(OC)ccc2OC)nc2ccc(N(CCC(C)C)CCC(C)C)nc21. The van der Waals surface area contributed by atoms with Gasteiger partial charge in [0.1, 0.15) is 22.8 Å². The molecule has 0 bridgehead atoms. The number of pyridine rings is 1. The molecule has 0 aliphatic carbocycles. The van der Waals surface area contributed by atoms with Crippen LogP contribution in [0, 0.1) is 11.8 Å². The van der Waals surface area contributed by atoms with Crippen molar-refractivity contribution in [3.8, 4) is 11.5 Å². The zero-order valence-electron chi connectivity index (χ0n) is 23.1. The number of methoxy groups -OCH3 is 2. The van der Waals surface area contributed by atoms with Gasteiger partial charge in [0.15, 0.2) is 5.65 Å². The zero-order valence-corrected chi connectivity index (χ0v) is 23.1. The third kappa shape index (κ3) is 7.26. The standard InChI is InChI=1S/C28H44N6O2/c1-20(2)13-17-33(18-14-21(3)4)26-12-10-23-27(32-26)34(16-8-15-29-5)28(30-23)31-24-19-22(35-6)9-11-25(24)36-7/h9-12,19-21,29H,8,13-18H2,1-7H3,(H,30,31). The van der Waals surface area contributed by atoms with Crippen molar-refractivity contribution in [1.29, 1.82) is 0 Å². The Morgan fingerprint density at radius 1 is 0.944 bits per heavy atom. The van der Waals surface area contributed by atoms with Crippen molar-refractivity contribution >= 4 is 28.6 Å². The van der Waals surface area contributed by atoms with Crippen LogP contribution in [0.15, 0.2) is 30.3 Å². The highest BCUT2D eigenvalue weighted by molar-refractivity contribution is 5.79. The molecular formula is C28H44N6O2. The number of hydrogen-bond donors (Lipinski definition) is 2. The Hall–Kier alpha value is -3.00. The molecule has 0 saturated carbocycles. The summed E-state index contributed by atoms with van der Waals surface area (Å²) in [4.78, 5) is 12.5. The minimum Gasteiger partial charge on any atom is -0.497 e. The molecule has 3 aromatic rings. The van der Waals surface area contributed by atoms with Gasteiger partial charge in [-0.2, -0.15) is 0 Å². The molecule has 0 fully saturated rings. The number of nitrogens with one attached hydrogen (secondary N) is 2. The highest BCUT2D eigenvalue weighted by Crippen LogP contribution is 2.33. The highest BCUT2D eigenvalue weighted by atomic mass is 16.5. The van der Waals surface area contributed by atoms with E-state index in [1.165, 1.54) is 0 Å². The van der Waals surface area contributed by atoms with Crippen LogP contribution in [-0.4, -0.2) is 55.4 Å². The zero-order chi connectivity index (χ0) is 26.1. The van der Waals surface area contributed by atoms with E-state index in [1.807, 2.05) is 25.2 Å². The van der Waals surface area contributed by atoms with Crippen LogP contribution >= 0.6 is 0 Å². The molecule has 2 N–H and O–H groups in total. The van der Waals surface area contributed by atoms with Gasteiger partial charge in [-0.05, 0) is 69.0 Å². The molecule has 8 nitrogen and oxygen atoms in total. The minimum absolute atomic E-state index is 0.649. The normalized spacial score (nSPS) is 11.5. The lowest BCUT2D eigenvalue weighted by Crippen LogP contribution is -2.28. The number of aromatic nitrogens is 3. The fourth-order valence-electron chi connectivity index (χ4n) is 4.09. The molecule has 0 aliphatic rings. The number of aryl methyl sites for hydroxylation is 1. The van der Waals surface area contributed by atoms with E-state index in [0.717, 1.165) is 85.6 Å². The number of anilines is 3. The molecule has 2 heterocycles. The van der Waals surface area contributed by atoms with Gasteiger partial charge >= 0.3 is 0 Å². The minimum atomic E-state index is 0.649. The van der Waals surface area contributed by atoms with Gasteiger partial charge in [0.25, 0.3) is 0 Å². The quantitative estimate of drug-likeness (QED) is 0.261. The maximum atomic E-state index is 5.59. The molecule has 36 heavy (non-hydrogen) atoms. The molecule has 8 heteroatoms. The Morgan fingerprint density at radius 2 is 1.67 bits per heavy atom. The average Bonchev–Trinajstić information content (AvgIpc) is 3.20. The molecular weight excluding hydrogens is 452 g/mol. The Balaban J connectivity index is 2.01. The first-order valence-electron chi connectivity index (χ1n) is 13.1. The fourth-order valence-corrected chi connectivity index (χ4v) is 4.09. The van der Waals surface area contributed by atoms with Crippen LogP contribution in [-0.2, 0) is 6.54 Å². The van der Waals surface area contributed by atoms with Crippen molar-refractivity contribution in [2.75, 3.05) is 51.1 Å². The molecule has 0 radical (unpaired) electrons. The predicted molar refractivity (Wildman–Crippen MR) is 150 cm³/mol. The molecule has 0 unspecified atom stereocenters. The Kier molecular flexibility index (Phi) is 10.2. The maximum Gasteiger partial charge on any atom is 0.209 e. The second-order valence-electron chi connectivity index (χ2n) is 10.1. The van der Waals surface area contributed by atoms with Crippen LogP contribution in [0.1, 0.15) is 47.0 Å². The van der Waals surface area contributed by atoms with E-state index in [9.17, 15) is 0 Å². The first-order valence-corrected chi connectivity index (χ1v) is 13.1. The van der Waals surface area contributed by atoms with Crippen molar-refractivity contribution in [3.05, 3.63) is 30.3 Å². The summed E-state index contributed by atoms with van der Waals surface area (Å²) in [6.45, 7) is 12.8. The van der Waals surface area contributed by atoms with Crippen molar-refractivity contribution in [3.63, 3.8) is 0 Å². The van der Waals surface area contributed by atoms with Gasteiger partial charge in [-0.25, -0.2) is 9.97 Å². The van der Waals surface area contributed by atoms with Crippen LogP contribution in [0.5, 0.6) is 11.5 Å². The molecule has 0 spiro atoms. The average molecular weight is 497 g/mol. The summed E-state index contributed by atoms with van der Waals surface area (Å²) in [6, 6.07) is 9.92. The van der Waals surface area contributed by atoms with E-state index < -0.39 is 0 Å². The molecule has 3 rings (SSSR count). The van der Waals surface area contributed by atoms with Crippen LogP contribution in [0.4, 0.5) is 17.5 Å². The second kappa shape index (κ2) is 13.3. The van der Waals surface area contributed by atoms with Gasteiger partial charge < -0.3 is 25.0 Å². The number of nitrogens with zero attached hydrogens (tertiary/aromatic N) is 4. The molecule has 1 aromatic carbocycles. The number of ether oxygens (including phenoxy) is 2. The first kappa shape index (κ1) is 27.6. The van der Waals surface area contributed by atoms with Crippen molar-refractivity contribution in [2.24, 2.45) is 11.8 Å². The Morgan fingerprint density at radius 3 is 2.28 bits per heavy atom. The molecule has 2 aromatic heterocycles. The molecule has 0 amide bonds. The summed E-state index contributed by atoms with van der Waals surface area (Å²) in [5, 5.41) is 6.73. The summed E-state index contributed by atoms with van der Waals surface area (Å²) in [7, 11) is 5.30. The van der Waals surface area contributed by atoms with E-state index in [4.69, 9.17) is 19.4 Å². The lowest BCUT2D eigenvalue weighted by Gasteiger charge is -2.25. The number of imidazole rings is 1. The highest BCUT2D eigenvalue weighted by Gasteiger charge is 2.17. The van der Waals surface area contributed by atoms with E-state index >= 15 is 0 Å². The van der Waals surface area contributed by atoms with Crippen molar-refractivity contribution < 1.29 is 9.47 Å². The van der Waals surface area contributed by atoms with E-state index in [1.54, 1.807) is 14.2 Å². The van der Waals surface area contributed by atoms with Crippen LogP contribution < -0.4 is 25.0 Å². The van der Waals surface area contributed by atoms with Crippen molar-refractivity contribution in [1.82, 2.24) is 19.9 Å². The number of fused-ring (bicyclic) bond motifs is 1. The van der Waals surface area contributed by atoms with Gasteiger partial charge in [0.05, 0.1) is 19.9 Å². The maximum absolute atomic E-state index is 5.59. The van der Waals surface area contributed by atoms with E-state index in [2.05, 4.69) is 59.9 Å². The smallest absolute Gasteiger partial charge is 0.209 e. The van der Waals surface area contributed by atoms with Gasteiger partial charge in [-0.1, -0.05) is 27.7 Å². The topological polar surface area (TPSA) is 76.5 Å². The Bertz CT molecular complexity index is 1080. The number of benzene rings is 1. The molecule has 0 atom stereocenters. The van der Waals surface area contributed by atoms with E-state index in [-0.39, 0.29) is 0 Å². The summed E-state index contributed by atoms with van der Waals surface area (Å²) >= 11 is 0.